The van der Waals surface area contributed by atoms with Crippen LogP contribution in [0.4, 0.5) is 10.5 Å². The molecule has 0 radical (unpaired) electrons. The monoisotopic (exact) mass is 446 g/mol. The molecular weight excluding hydrogens is 424 g/mol. The van der Waals surface area contributed by atoms with Gasteiger partial charge in [-0.15, -0.1) is 0 Å². The fourth-order valence-corrected chi connectivity index (χ4v) is 4.16. The van der Waals surface area contributed by atoms with E-state index in [4.69, 9.17) is 16.6 Å². The second kappa shape index (κ2) is 8.98. The highest BCUT2D eigenvalue weighted by Crippen LogP contribution is 2.23. The number of aromatic nitrogens is 3. The number of nitrogens with zero attached hydrogens (tertiary/aromatic N) is 5. The molecule has 32 heavy (non-hydrogen) atoms. The van der Waals surface area contributed by atoms with Gasteiger partial charge in [0.05, 0.1) is 17.3 Å². The molecule has 2 amide bonds. The maximum absolute atomic E-state index is 12.7. The molecule has 0 atom stereocenters. The zero-order chi connectivity index (χ0) is 21.9. The van der Waals surface area contributed by atoms with Crippen molar-refractivity contribution in [2.45, 2.75) is 6.54 Å². The predicted octanol–water partition coefficient (Wildman–Crippen LogP) is 4.42. The summed E-state index contributed by atoms with van der Waals surface area (Å²) in [6.07, 6.45) is 1.80. The SMILES string of the molecule is O=C(Nc1ccccc1Cl)N1CCN(Cc2nc3cccnc3n2-c2ccccc2)CC1. The van der Waals surface area contributed by atoms with E-state index in [2.05, 4.69) is 31.9 Å². The first-order chi connectivity index (χ1) is 15.7. The number of anilines is 1. The summed E-state index contributed by atoms with van der Waals surface area (Å²) in [5.41, 5.74) is 3.41. The van der Waals surface area contributed by atoms with Crippen molar-refractivity contribution >= 4 is 34.5 Å². The van der Waals surface area contributed by atoms with Crippen LogP contribution in [0.5, 0.6) is 0 Å². The van der Waals surface area contributed by atoms with Gasteiger partial charge in [-0.2, -0.15) is 0 Å². The van der Waals surface area contributed by atoms with Crippen LogP contribution in [-0.4, -0.2) is 56.5 Å². The van der Waals surface area contributed by atoms with Gasteiger partial charge in [0.15, 0.2) is 5.65 Å². The third-order valence-corrected chi connectivity index (χ3v) is 5.97. The molecule has 0 bridgehead atoms. The Morgan fingerprint density at radius 3 is 2.47 bits per heavy atom. The number of carbonyl (C=O) groups is 1. The fourth-order valence-electron chi connectivity index (χ4n) is 3.98. The summed E-state index contributed by atoms with van der Waals surface area (Å²) in [6.45, 7) is 3.49. The summed E-state index contributed by atoms with van der Waals surface area (Å²) < 4.78 is 2.12. The standard InChI is InChI=1S/C24H23ClN6O/c25-19-9-4-5-10-20(19)28-24(32)30-15-13-29(14-16-30)17-22-27-21-11-6-12-26-23(21)31(22)18-7-2-1-3-8-18/h1-12H,13-17H2,(H,28,32). The normalized spacial score (nSPS) is 14.6. The van der Waals surface area contributed by atoms with Gasteiger partial charge in [-0.25, -0.2) is 14.8 Å². The van der Waals surface area contributed by atoms with E-state index in [9.17, 15) is 4.79 Å². The highest BCUT2D eigenvalue weighted by atomic mass is 35.5. The van der Waals surface area contributed by atoms with Gasteiger partial charge < -0.3 is 10.2 Å². The highest BCUT2D eigenvalue weighted by molar-refractivity contribution is 6.33. The van der Waals surface area contributed by atoms with Crippen LogP contribution in [0, 0.1) is 0 Å². The number of fused-ring (bicyclic) bond motifs is 1. The lowest BCUT2D eigenvalue weighted by Gasteiger charge is -2.34. The molecule has 2 aromatic carbocycles. The smallest absolute Gasteiger partial charge is 0.321 e. The van der Waals surface area contributed by atoms with Gasteiger partial charge in [0.25, 0.3) is 0 Å². The van der Waals surface area contributed by atoms with Gasteiger partial charge >= 0.3 is 6.03 Å². The van der Waals surface area contributed by atoms with Crippen molar-refractivity contribution in [2.24, 2.45) is 0 Å². The van der Waals surface area contributed by atoms with Crippen LogP contribution in [0.3, 0.4) is 0 Å². The van der Waals surface area contributed by atoms with Crippen LogP contribution in [0.25, 0.3) is 16.9 Å². The van der Waals surface area contributed by atoms with Gasteiger partial charge in [0.1, 0.15) is 11.3 Å². The fraction of sp³-hybridized carbons (Fsp3) is 0.208. The topological polar surface area (TPSA) is 66.3 Å². The Morgan fingerprint density at radius 1 is 0.938 bits per heavy atom. The Hall–Kier alpha value is -3.42. The molecule has 162 valence electrons. The Morgan fingerprint density at radius 2 is 1.69 bits per heavy atom. The van der Waals surface area contributed by atoms with Crippen LogP contribution in [0.2, 0.25) is 5.02 Å². The van der Waals surface area contributed by atoms with E-state index < -0.39 is 0 Å². The number of imidazole rings is 1. The van der Waals surface area contributed by atoms with Crippen LogP contribution in [-0.2, 0) is 6.54 Å². The van der Waals surface area contributed by atoms with Crippen LogP contribution in [0.15, 0.2) is 72.9 Å². The number of piperazine rings is 1. The number of urea groups is 1. The summed E-state index contributed by atoms with van der Waals surface area (Å²) in [4.78, 5) is 26.2. The van der Waals surface area contributed by atoms with E-state index in [1.54, 1.807) is 18.3 Å². The number of carbonyl (C=O) groups excluding carboxylic acids is 1. The van der Waals surface area contributed by atoms with E-state index in [1.165, 1.54) is 0 Å². The first-order valence-electron chi connectivity index (χ1n) is 10.6. The molecule has 7 nitrogen and oxygen atoms in total. The minimum atomic E-state index is -0.126. The van der Waals surface area contributed by atoms with Crippen molar-refractivity contribution in [3.63, 3.8) is 0 Å². The van der Waals surface area contributed by atoms with Crippen molar-refractivity contribution < 1.29 is 4.79 Å². The molecule has 2 aromatic heterocycles. The predicted molar refractivity (Wildman–Crippen MR) is 126 cm³/mol. The van der Waals surface area contributed by atoms with Gasteiger partial charge in [0.2, 0.25) is 0 Å². The van der Waals surface area contributed by atoms with Gasteiger partial charge in [-0.1, -0.05) is 41.9 Å². The molecule has 1 saturated heterocycles. The molecular formula is C24H23ClN6O. The van der Waals surface area contributed by atoms with Crippen molar-refractivity contribution in [3.8, 4) is 5.69 Å². The van der Waals surface area contributed by atoms with Crippen molar-refractivity contribution in [1.29, 1.82) is 0 Å². The molecule has 1 aliphatic heterocycles. The van der Waals surface area contributed by atoms with E-state index >= 15 is 0 Å². The molecule has 0 saturated carbocycles. The first-order valence-corrected chi connectivity index (χ1v) is 11.0. The number of benzene rings is 2. The number of pyridine rings is 1. The molecule has 3 heterocycles. The quantitative estimate of drug-likeness (QED) is 0.503. The first kappa shape index (κ1) is 20.5. The molecule has 1 fully saturated rings. The zero-order valence-electron chi connectivity index (χ0n) is 17.5. The van der Waals surface area contributed by atoms with Crippen molar-refractivity contribution in [2.75, 3.05) is 31.5 Å². The van der Waals surface area contributed by atoms with Crippen LogP contribution >= 0.6 is 11.6 Å². The van der Waals surface area contributed by atoms with E-state index in [0.29, 0.717) is 30.3 Å². The molecule has 1 N–H and O–H groups in total. The average molecular weight is 447 g/mol. The Kier molecular flexibility index (Phi) is 5.75. The third-order valence-electron chi connectivity index (χ3n) is 5.64. The molecule has 0 spiro atoms. The number of hydrogen-bond donors (Lipinski definition) is 1. The minimum Gasteiger partial charge on any atom is -0.322 e. The number of nitrogens with one attached hydrogen (secondary N) is 1. The summed E-state index contributed by atoms with van der Waals surface area (Å²) in [7, 11) is 0. The molecule has 1 aliphatic rings. The lowest BCUT2D eigenvalue weighted by Crippen LogP contribution is -2.49. The van der Waals surface area contributed by atoms with Crippen LogP contribution < -0.4 is 5.32 Å². The second-order valence-corrected chi connectivity index (χ2v) is 8.13. The van der Waals surface area contributed by atoms with Crippen molar-refractivity contribution in [1.82, 2.24) is 24.3 Å². The van der Waals surface area contributed by atoms with Gasteiger partial charge in [0, 0.05) is 38.1 Å². The largest absolute Gasteiger partial charge is 0.322 e. The second-order valence-electron chi connectivity index (χ2n) is 7.72. The molecule has 8 heteroatoms. The van der Waals surface area contributed by atoms with Gasteiger partial charge in [-0.05, 0) is 36.4 Å². The maximum Gasteiger partial charge on any atom is 0.321 e. The number of hydrogen-bond acceptors (Lipinski definition) is 4. The Balaban J connectivity index is 1.29. The zero-order valence-corrected chi connectivity index (χ0v) is 18.2. The average Bonchev–Trinajstić information content (AvgIpc) is 3.19. The van der Waals surface area contributed by atoms with E-state index in [1.807, 2.05) is 47.4 Å². The van der Waals surface area contributed by atoms with E-state index in [0.717, 1.165) is 35.8 Å². The number of amides is 2. The molecule has 5 rings (SSSR count). The maximum atomic E-state index is 12.7. The number of para-hydroxylation sites is 2. The molecule has 0 unspecified atom stereocenters. The summed E-state index contributed by atoms with van der Waals surface area (Å²) in [6, 6.07) is 21.2. The Labute approximate surface area is 191 Å². The molecule has 0 aliphatic carbocycles. The van der Waals surface area contributed by atoms with Gasteiger partial charge in [-0.3, -0.25) is 9.47 Å². The summed E-state index contributed by atoms with van der Waals surface area (Å²) >= 11 is 6.16. The lowest BCUT2D eigenvalue weighted by molar-refractivity contribution is 0.140. The number of halogens is 1. The Bertz CT molecular complexity index is 1230. The third kappa shape index (κ3) is 4.17. The van der Waals surface area contributed by atoms with Crippen molar-refractivity contribution in [3.05, 3.63) is 83.8 Å². The summed E-state index contributed by atoms with van der Waals surface area (Å²) in [5, 5.41) is 3.44. The minimum absolute atomic E-state index is 0.126. The van der Waals surface area contributed by atoms with E-state index in [-0.39, 0.29) is 6.03 Å². The molecule has 4 aromatic rings. The summed E-state index contributed by atoms with van der Waals surface area (Å²) in [5.74, 6) is 0.943. The highest BCUT2D eigenvalue weighted by Gasteiger charge is 2.23. The number of rotatable bonds is 4. The van der Waals surface area contributed by atoms with Crippen LogP contribution in [0.1, 0.15) is 5.82 Å². The lowest BCUT2D eigenvalue weighted by atomic mass is 10.3.